The minimum Gasteiger partial charge on any atom is -0.510 e. The molecule has 0 saturated carbocycles. The van der Waals surface area contributed by atoms with Crippen LogP contribution in [0.25, 0.3) is 0 Å². The van der Waals surface area contributed by atoms with Crippen LogP contribution in [-0.2, 0) is 14.3 Å². The minimum atomic E-state index is -1.14. The van der Waals surface area contributed by atoms with Gasteiger partial charge in [-0.15, -0.1) is 0 Å². The van der Waals surface area contributed by atoms with Crippen LogP contribution < -0.4 is 0 Å². The Morgan fingerprint density at radius 1 is 1.58 bits per heavy atom. The first-order valence-corrected chi connectivity index (χ1v) is 7.63. The van der Waals surface area contributed by atoms with Gasteiger partial charge in [0.2, 0.25) is 0 Å². The smallest absolute Gasteiger partial charge is 0.354 e. The van der Waals surface area contributed by atoms with Crippen LogP contribution in [0, 0.1) is 5.92 Å². The molecule has 0 amide bonds. The lowest BCUT2D eigenvalue weighted by atomic mass is 9.92. The molecule has 130 valence electrons. The fourth-order valence-electron chi connectivity index (χ4n) is 2.37. The van der Waals surface area contributed by atoms with Crippen molar-refractivity contribution in [2.45, 2.75) is 19.4 Å². The van der Waals surface area contributed by atoms with Crippen molar-refractivity contribution in [2.75, 3.05) is 20.3 Å². The lowest BCUT2D eigenvalue weighted by Gasteiger charge is -2.34. The number of carbonyl (C=O) groups is 1. The van der Waals surface area contributed by atoms with Crippen molar-refractivity contribution in [2.24, 2.45) is 11.0 Å². The number of hydrogen-bond donors (Lipinski definition) is 2. The number of carboxylic acids is 1. The number of hydrazone groups is 1. The lowest BCUT2D eigenvalue weighted by Crippen LogP contribution is -2.48. The summed E-state index contributed by atoms with van der Waals surface area (Å²) >= 11 is 0. The van der Waals surface area contributed by atoms with Crippen molar-refractivity contribution in [1.29, 1.82) is 0 Å². The largest absolute Gasteiger partial charge is 0.510 e. The third kappa shape index (κ3) is 4.05. The predicted molar refractivity (Wildman–Crippen MR) is 89.4 cm³/mol. The van der Waals surface area contributed by atoms with E-state index in [1.165, 1.54) is 11.2 Å². The third-order valence-corrected chi connectivity index (χ3v) is 3.87. The van der Waals surface area contributed by atoms with Crippen LogP contribution in [0.15, 0.2) is 53.2 Å². The van der Waals surface area contributed by atoms with Gasteiger partial charge in [0, 0.05) is 6.54 Å². The molecule has 0 spiro atoms. The summed E-state index contributed by atoms with van der Waals surface area (Å²) in [6, 6.07) is 0. The van der Waals surface area contributed by atoms with Crippen molar-refractivity contribution < 1.29 is 24.5 Å². The van der Waals surface area contributed by atoms with Gasteiger partial charge in [-0.05, 0) is 25.5 Å². The standard InChI is InChI=1S/C17H22N2O5/c1-4-12(23-3)6-5-11(2)7-8-19-9-14(20)13-10-24-16(13)15(18-19)17(21)22/h4-6,9,13,16,20H,2,7-8,10H2,1,3H3,(H,21,22)/b6-5-,12-4+. The quantitative estimate of drug-likeness (QED) is 0.548. The fourth-order valence-corrected chi connectivity index (χ4v) is 2.37. The molecule has 2 N–H and O–H groups in total. The van der Waals surface area contributed by atoms with E-state index < -0.39 is 12.1 Å². The number of rotatable bonds is 7. The Hall–Kier alpha value is -2.54. The SMILES string of the molecule is C=C(/C=C\C(=C/C)OC)CCN1C=C(O)C2COC2C(C(=O)O)=N1. The van der Waals surface area contributed by atoms with Crippen molar-refractivity contribution in [3.05, 3.63) is 48.1 Å². The number of fused-ring (bicyclic) bond motifs is 1. The average Bonchev–Trinajstić information content (AvgIpc) is 2.59. The molecule has 1 fully saturated rings. The molecular weight excluding hydrogens is 312 g/mol. The second kappa shape index (κ2) is 7.83. The van der Waals surface area contributed by atoms with E-state index in [0.29, 0.717) is 19.6 Å². The third-order valence-electron chi connectivity index (χ3n) is 3.87. The van der Waals surface area contributed by atoms with E-state index in [4.69, 9.17) is 9.47 Å². The number of methoxy groups -OCH3 is 1. The van der Waals surface area contributed by atoms with E-state index in [1.54, 1.807) is 13.2 Å². The maximum atomic E-state index is 11.3. The molecule has 0 radical (unpaired) electrons. The molecule has 0 aromatic heterocycles. The van der Waals surface area contributed by atoms with E-state index in [9.17, 15) is 15.0 Å². The first-order valence-electron chi connectivity index (χ1n) is 7.63. The Morgan fingerprint density at radius 2 is 2.33 bits per heavy atom. The van der Waals surface area contributed by atoms with Gasteiger partial charge in [0.15, 0.2) is 5.71 Å². The van der Waals surface area contributed by atoms with Crippen LogP contribution >= 0.6 is 0 Å². The summed E-state index contributed by atoms with van der Waals surface area (Å²) in [5, 5.41) is 24.9. The normalized spacial score (nSPS) is 23.8. The molecule has 2 aliphatic rings. The van der Waals surface area contributed by atoms with E-state index in [-0.39, 0.29) is 17.4 Å². The van der Waals surface area contributed by atoms with Crippen LogP contribution in [0.1, 0.15) is 13.3 Å². The van der Waals surface area contributed by atoms with Crippen molar-refractivity contribution in [3.63, 3.8) is 0 Å². The number of aliphatic hydroxyl groups excluding tert-OH is 1. The van der Waals surface area contributed by atoms with Crippen molar-refractivity contribution >= 4 is 11.7 Å². The number of aliphatic carboxylic acids is 1. The van der Waals surface area contributed by atoms with E-state index in [2.05, 4.69) is 11.7 Å². The number of nitrogens with zero attached hydrogens (tertiary/aromatic N) is 2. The Morgan fingerprint density at radius 3 is 2.88 bits per heavy atom. The molecule has 2 unspecified atom stereocenters. The average molecular weight is 334 g/mol. The molecule has 2 aliphatic heterocycles. The molecule has 0 aromatic carbocycles. The second-order valence-electron chi connectivity index (χ2n) is 5.50. The number of allylic oxidation sites excluding steroid dienone is 3. The molecule has 2 heterocycles. The number of ether oxygens (including phenoxy) is 2. The number of carboxylic acid groups (broad SMARTS) is 1. The van der Waals surface area contributed by atoms with Crippen LogP contribution in [0.2, 0.25) is 0 Å². The molecule has 2 rings (SSSR count). The molecule has 1 saturated heterocycles. The zero-order valence-corrected chi connectivity index (χ0v) is 13.8. The molecule has 24 heavy (non-hydrogen) atoms. The molecule has 0 bridgehead atoms. The van der Waals surface area contributed by atoms with Gasteiger partial charge < -0.3 is 19.7 Å². The van der Waals surface area contributed by atoms with Gasteiger partial charge in [0.1, 0.15) is 17.6 Å². The van der Waals surface area contributed by atoms with Gasteiger partial charge in [-0.25, -0.2) is 4.79 Å². The molecule has 2 atom stereocenters. The van der Waals surface area contributed by atoms with Crippen molar-refractivity contribution in [1.82, 2.24) is 5.01 Å². The van der Waals surface area contributed by atoms with Gasteiger partial charge in [-0.1, -0.05) is 18.2 Å². The number of aliphatic hydroxyl groups is 1. The molecule has 7 heteroatoms. The number of hydrogen-bond acceptors (Lipinski definition) is 6. The van der Waals surface area contributed by atoms with Gasteiger partial charge in [-0.3, -0.25) is 5.01 Å². The van der Waals surface area contributed by atoms with Gasteiger partial charge in [0.25, 0.3) is 0 Å². The lowest BCUT2D eigenvalue weighted by molar-refractivity contribution is -0.132. The van der Waals surface area contributed by atoms with Crippen LogP contribution in [-0.4, -0.2) is 53.3 Å². The molecule has 7 nitrogen and oxygen atoms in total. The van der Waals surface area contributed by atoms with E-state index in [0.717, 1.165) is 11.3 Å². The first-order chi connectivity index (χ1) is 11.5. The summed E-state index contributed by atoms with van der Waals surface area (Å²) in [6.45, 7) is 6.51. The van der Waals surface area contributed by atoms with Gasteiger partial charge in [-0.2, -0.15) is 5.10 Å². The predicted octanol–water partition coefficient (Wildman–Crippen LogP) is 2.21. The summed E-state index contributed by atoms with van der Waals surface area (Å²) in [6.07, 6.45) is 6.78. The highest BCUT2D eigenvalue weighted by Gasteiger charge is 2.44. The van der Waals surface area contributed by atoms with E-state index >= 15 is 0 Å². The summed E-state index contributed by atoms with van der Waals surface area (Å²) in [7, 11) is 1.59. The monoisotopic (exact) mass is 334 g/mol. The maximum Gasteiger partial charge on any atom is 0.354 e. The Balaban J connectivity index is 2.02. The Kier molecular flexibility index (Phi) is 5.81. The van der Waals surface area contributed by atoms with Gasteiger partial charge >= 0.3 is 5.97 Å². The van der Waals surface area contributed by atoms with Gasteiger partial charge in [0.05, 0.1) is 25.8 Å². The first kappa shape index (κ1) is 17.8. The molecular formula is C17H22N2O5. The van der Waals surface area contributed by atoms with Crippen LogP contribution in [0.3, 0.4) is 0 Å². The van der Waals surface area contributed by atoms with Crippen LogP contribution in [0.5, 0.6) is 0 Å². The highest BCUT2D eigenvalue weighted by atomic mass is 16.5. The molecule has 0 aromatic rings. The summed E-state index contributed by atoms with van der Waals surface area (Å²) in [5.41, 5.74) is 0.734. The fraction of sp³-hybridized carbons (Fsp3) is 0.412. The maximum absolute atomic E-state index is 11.3. The Bertz CT molecular complexity index is 633. The zero-order chi connectivity index (χ0) is 17.7. The minimum absolute atomic E-state index is 0.0861. The Labute approximate surface area is 140 Å². The zero-order valence-electron chi connectivity index (χ0n) is 13.8. The van der Waals surface area contributed by atoms with Crippen LogP contribution in [0.4, 0.5) is 0 Å². The summed E-state index contributed by atoms with van der Waals surface area (Å²) in [5.74, 6) is -0.674. The summed E-state index contributed by atoms with van der Waals surface area (Å²) < 4.78 is 10.4. The highest BCUT2D eigenvalue weighted by molar-refractivity contribution is 6.37. The molecule has 0 aliphatic carbocycles. The topological polar surface area (TPSA) is 91.6 Å². The summed E-state index contributed by atoms with van der Waals surface area (Å²) in [4.78, 5) is 11.3. The van der Waals surface area contributed by atoms with Crippen molar-refractivity contribution in [3.8, 4) is 0 Å². The second-order valence-corrected chi connectivity index (χ2v) is 5.50. The highest BCUT2D eigenvalue weighted by Crippen LogP contribution is 2.30. The van der Waals surface area contributed by atoms with E-state index in [1.807, 2.05) is 19.1 Å².